The Morgan fingerprint density at radius 3 is 2.56 bits per heavy atom. The second-order valence-corrected chi connectivity index (χ2v) is 5.85. The van der Waals surface area contributed by atoms with Gasteiger partial charge in [-0.3, -0.25) is 4.79 Å². The van der Waals surface area contributed by atoms with Gasteiger partial charge in [-0.2, -0.15) is 0 Å². The molecule has 3 aromatic carbocycles. The van der Waals surface area contributed by atoms with Crippen molar-refractivity contribution in [2.45, 2.75) is 13.0 Å². The Morgan fingerprint density at radius 1 is 1.00 bits per heavy atom. The van der Waals surface area contributed by atoms with Crippen LogP contribution in [0.3, 0.4) is 0 Å². The first-order valence-electron chi connectivity index (χ1n) is 8.00. The normalized spacial score (nSPS) is 12.1. The summed E-state index contributed by atoms with van der Waals surface area (Å²) in [5, 5.41) is 7.97. The van der Waals surface area contributed by atoms with Crippen LogP contribution < -0.4 is 10.6 Å². The molecular formula is C20H18F2N2O. The van der Waals surface area contributed by atoms with Gasteiger partial charge in [0.25, 0.3) is 0 Å². The highest BCUT2D eigenvalue weighted by atomic mass is 19.2. The van der Waals surface area contributed by atoms with Crippen molar-refractivity contribution in [3.8, 4) is 0 Å². The third kappa shape index (κ3) is 4.00. The standard InChI is InChI=1S/C20H18F2N2O/c1-13(16-8-4-6-14-5-2-3-7-17(14)16)23-12-20(25)24-15-9-10-18(21)19(22)11-15/h2-11,13,23H,12H2,1H3,(H,24,25)/t13-/m1/s1. The second kappa shape index (κ2) is 7.40. The zero-order valence-corrected chi connectivity index (χ0v) is 13.7. The van der Waals surface area contributed by atoms with Gasteiger partial charge in [-0.1, -0.05) is 42.5 Å². The van der Waals surface area contributed by atoms with Crippen molar-refractivity contribution < 1.29 is 13.6 Å². The third-order valence-corrected chi connectivity index (χ3v) is 4.06. The number of benzene rings is 3. The lowest BCUT2D eigenvalue weighted by atomic mass is 10.00. The van der Waals surface area contributed by atoms with Crippen molar-refractivity contribution in [2.75, 3.05) is 11.9 Å². The van der Waals surface area contributed by atoms with Crippen molar-refractivity contribution in [1.82, 2.24) is 5.32 Å². The van der Waals surface area contributed by atoms with E-state index in [4.69, 9.17) is 0 Å². The van der Waals surface area contributed by atoms with Crippen LogP contribution in [0.4, 0.5) is 14.5 Å². The lowest BCUT2D eigenvalue weighted by Gasteiger charge is -2.16. The van der Waals surface area contributed by atoms with Gasteiger partial charge >= 0.3 is 0 Å². The van der Waals surface area contributed by atoms with Gasteiger partial charge < -0.3 is 10.6 Å². The maximum absolute atomic E-state index is 13.2. The van der Waals surface area contributed by atoms with Crippen molar-refractivity contribution in [3.63, 3.8) is 0 Å². The SMILES string of the molecule is C[C@@H](NCC(=O)Nc1ccc(F)c(F)c1)c1cccc2ccccc12. The summed E-state index contributed by atoms with van der Waals surface area (Å²) < 4.78 is 26.1. The Kier molecular flexibility index (Phi) is 5.05. The molecular weight excluding hydrogens is 322 g/mol. The van der Waals surface area contributed by atoms with E-state index < -0.39 is 11.6 Å². The molecule has 25 heavy (non-hydrogen) atoms. The Balaban J connectivity index is 1.64. The van der Waals surface area contributed by atoms with Crippen LogP contribution in [-0.4, -0.2) is 12.5 Å². The third-order valence-electron chi connectivity index (χ3n) is 4.06. The first kappa shape index (κ1) is 17.0. The number of nitrogens with one attached hydrogen (secondary N) is 2. The fourth-order valence-electron chi connectivity index (χ4n) is 2.76. The smallest absolute Gasteiger partial charge is 0.238 e. The maximum atomic E-state index is 13.2. The number of carbonyl (C=O) groups is 1. The fraction of sp³-hybridized carbons (Fsp3) is 0.150. The van der Waals surface area contributed by atoms with Gasteiger partial charge in [0, 0.05) is 17.8 Å². The van der Waals surface area contributed by atoms with E-state index in [0.29, 0.717) is 0 Å². The molecule has 0 aliphatic rings. The minimum absolute atomic E-state index is 0.0400. The van der Waals surface area contributed by atoms with Crippen molar-refractivity contribution in [2.24, 2.45) is 0 Å². The first-order valence-corrected chi connectivity index (χ1v) is 8.00. The minimum Gasteiger partial charge on any atom is -0.325 e. The van der Waals surface area contributed by atoms with E-state index >= 15 is 0 Å². The molecule has 0 aromatic heterocycles. The van der Waals surface area contributed by atoms with Gasteiger partial charge in [-0.15, -0.1) is 0 Å². The van der Waals surface area contributed by atoms with Gasteiger partial charge in [0.05, 0.1) is 6.54 Å². The molecule has 0 spiro atoms. The second-order valence-electron chi connectivity index (χ2n) is 5.85. The number of halogens is 2. The Labute approximate surface area is 144 Å². The molecule has 5 heteroatoms. The highest BCUT2D eigenvalue weighted by Gasteiger charge is 2.11. The number of carbonyl (C=O) groups excluding carboxylic acids is 1. The molecule has 1 amide bonds. The average Bonchev–Trinajstić information content (AvgIpc) is 2.62. The monoisotopic (exact) mass is 340 g/mol. The van der Waals surface area contributed by atoms with E-state index in [9.17, 15) is 13.6 Å². The molecule has 128 valence electrons. The topological polar surface area (TPSA) is 41.1 Å². The molecule has 0 bridgehead atoms. The summed E-state index contributed by atoms with van der Waals surface area (Å²) in [4.78, 5) is 12.0. The molecule has 0 fully saturated rings. The molecule has 0 radical (unpaired) electrons. The number of fused-ring (bicyclic) bond motifs is 1. The lowest BCUT2D eigenvalue weighted by molar-refractivity contribution is -0.115. The highest BCUT2D eigenvalue weighted by Crippen LogP contribution is 2.23. The summed E-state index contributed by atoms with van der Waals surface area (Å²) in [7, 11) is 0. The molecule has 0 unspecified atom stereocenters. The molecule has 1 atom stereocenters. The number of amides is 1. The van der Waals surface area contributed by atoms with Crippen LogP contribution in [0, 0.1) is 11.6 Å². The van der Waals surface area contributed by atoms with Gasteiger partial charge in [0.2, 0.25) is 5.91 Å². The van der Waals surface area contributed by atoms with Crippen LogP contribution >= 0.6 is 0 Å². The quantitative estimate of drug-likeness (QED) is 0.722. The summed E-state index contributed by atoms with van der Waals surface area (Å²) in [5.74, 6) is -2.26. The number of rotatable bonds is 5. The molecule has 0 aliphatic heterocycles. The summed E-state index contributed by atoms with van der Waals surface area (Å²) in [6, 6.07) is 17.3. The van der Waals surface area contributed by atoms with Crippen LogP contribution in [-0.2, 0) is 4.79 Å². The summed E-state index contributed by atoms with van der Waals surface area (Å²) in [5.41, 5.74) is 1.32. The largest absolute Gasteiger partial charge is 0.325 e. The van der Waals surface area contributed by atoms with Gasteiger partial charge in [0.1, 0.15) is 0 Å². The minimum atomic E-state index is -0.991. The first-order chi connectivity index (χ1) is 12.0. The van der Waals surface area contributed by atoms with E-state index in [-0.39, 0.29) is 24.2 Å². The molecule has 2 N–H and O–H groups in total. The van der Waals surface area contributed by atoms with Crippen LogP contribution in [0.1, 0.15) is 18.5 Å². The summed E-state index contributed by atoms with van der Waals surface area (Å²) in [6.07, 6.45) is 0. The summed E-state index contributed by atoms with van der Waals surface area (Å²) in [6.45, 7) is 2.04. The van der Waals surface area contributed by atoms with E-state index in [1.165, 1.54) is 6.07 Å². The number of anilines is 1. The maximum Gasteiger partial charge on any atom is 0.238 e. The van der Waals surface area contributed by atoms with Crippen LogP contribution in [0.15, 0.2) is 60.7 Å². The zero-order chi connectivity index (χ0) is 17.8. The Hall–Kier alpha value is -2.79. The van der Waals surface area contributed by atoms with Crippen LogP contribution in [0.25, 0.3) is 10.8 Å². The van der Waals surface area contributed by atoms with E-state index in [0.717, 1.165) is 28.5 Å². The van der Waals surface area contributed by atoms with Crippen molar-refractivity contribution >= 4 is 22.4 Å². The van der Waals surface area contributed by atoms with E-state index in [2.05, 4.69) is 10.6 Å². The van der Waals surface area contributed by atoms with Crippen LogP contribution in [0.5, 0.6) is 0 Å². The van der Waals surface area contributed by atoms with Crippen molar-refractivity contribution in [3.05, 3.63) is 77.9 Å². The zero-order valence-electron chi connectivity index (χ0n) is 13.7. The number of hydrogen-bond acceptors (Lipinski definition) is 2. The molecule has 0 aliphatic carbocycles. The fourth-order valence-corrected chi connectivity index (χ4v) is 2.76. The van der Waals surface area contributed by atoms with Crippen LogP contribution in [0.2, 0.25) is 0 Å². The Bertz CT molecular complexity index is 906. The number of hydrogen-bond donors (Lipinski definition) is 2. The molecule has 3 rings (SSSR count). The van der Waals surface area contributed by atoms with E-state index in [1.54, 1.807) is 0 Å². The van der Waals surface area contributed by atoms with Gasteiger partial charge in [-0.05, 0) is 35.4 Å². The Morgan fingerprint density at radius 2 is 1.76 bits per heavy atom. The predicted octanol–water partition coefficient (Wildman–Crippen LogP) is 4.41. The molecule has 0 saturated carbocycles. The molecule has 3 aromatic rings. The van der Waals surface area contributed by atoms with E-state index in [1.807, 2.05) is 49.4 Å². The van der Waals surface area contributed by atoms with Gasteiger partial charge in [-0.25, -0.2) is 8.78 Å². The van der Waals surface area contributed by atoms with Gasteiger partial charge in [0.15, 0.2) is 11.6 Å². The average molecular weight is 340 g/mol. The lowest BCUT2D eigenvalue weighted by Crippen LogP contribution is -2.30. The molecule has 0 saturated heterocycles. The predicted molar refractivity (Wildman–Crippen MR) is 95.4 cm³/mol. The molecule has 3 nitrogen and oxygen atoms in total. The van der Waals surface area contributed by atoms with Crippen molar-refractivity contribution in [1.29, 1.82) is 0 Å². The summed E-state index contributed by atoms with van der Waals surface area (Å²) >= 11 is 0. The highest BCUT2D eigenvalue weighted by molar-refractivity contribution is 5.92. The molecule has 0 heterocycles.